The normalized spacial score (nSPS) is 16.6. The molecule has 1 amide bonds. The minimum atomic E-state index is -0.689. The van der Waals surface area contributed by atoms with Crippen LogP contribution < -0.4 is 11.1 Å². The van der Waals surface area contributed by atoms with E-state index in [2.05, 4.69) is 24.1 Å². The molecule has 108 valence electrons. The second kappa shape index (κ2) is 8.45. The first-order valence-corrected chi connectivity index (χ1v) is 6.69. The van der Waals surface area contributed by atoms with Gasteiger partial charge in [0.15, 0.2) is 0 Å². The van der Waals surface area contributed by atoms with Crippen molar-refractivity contribution in [1.82, 2.24) is 10.2 Å². The van der Waals surface area contributed by atoms with Gasteiger partial charge in [-0.1, -0.05) is 13.8 Å². The predicted octanol–water partition coefficient (Wildman–Crippen LogP) is 0.587. The highest BCUT2D eigenvalue weighted by Gasteiger charge is 2.33. The van der Waals surface area contributed by atoms with Crippen LogP contribution in [0.5, 0.6) is 0 Å². The van der Waals surface area contributed by atoms with Gasteiger partial charge < -0.3 is 15.8 Å². The highest BCUT2D eigenvalue weighted by molar-refractivity contribution is 5.84. The minimum Gasteiger partial charge on any atom is -0.383 e. The Labute approximate surface area is 111 Å². The van der Waals surface area contributed by atoms with Gasteiger partial charge in [0.1, 0.15) is 5.54 Å². The fourth-order valence-electron chi connectivity index (χ4n) is 1.94. The number of ether oxygens (including phenoxy) is 1. The van der Waals surface area contributed by atoms with Gasteiger partial charge in [-0.3, -0.25) is 9.69 Å². The van der Waals surface area contributed by atoms with Crippen LogP contribution in [0.3, 0.4) is 0 Å². The van der Waals surface area contributed by atoms with Crippen molar-refractivity contribution >= 4 is 5.91 Å². The van der Waals surface area contributed by atoms with Crippen molar-refractivity contribution in [3.63, 3.8) is 0 Å². The predicted molar refractivity (Wildman–Crippen MR) is 74.5 cm³/mol. The highest BCUT2D eigenvalue weighted by atomic mass is 16.5. The lowest BCUT2D eigenvalue weighted by molar-refractivity contribution is -0.124. The SMILES string of the molecule is CCNC(C)(CN(CCOC)C(C)CC)C(N)=O. The highest BCUT2D eigenvalue weighted by Crippen LogP contribution is 2.11. The molecular weight excluding hydrogens is 230 g/mol. The first-order valence-electron chi connectivity index (χ1n) is 6.69. The summed E-state index contributed by atoms with van der Waals surface area (Å²) in [6, 6.07) is 0.400. The number of nitrogens with one attached hydrogen (secondary N) is 1. The number of nitrogens with zero attached hydrogens (tertiary/aromatic N) is 1. The van der Waals surface area contributed by atoms with Gasteiger partial charge in [0.2, 0.25) is 5.91 Å². The molecule has 2 unspecified atom stereocenters. The molecular formula is C13H29N3O2. The Morgan fingerprint density at radius 2 is 2.11 bits per heavy atom. The van der Waals surface area contributed by atoms with E-state index in [0.717, 1.165) is 19.5 Å². The van der Waals surface area contributed by atoms with Crippen molar-refractivity contribution in [2.45, 2.75) is 45.7 Å². The zero-order chi connectivity index (χ0) is 14.2. The van der Waals surface area contributed by atoms with E-state index < -0.39 is 5.54 Å². The number of methoxy groups -OCH3 is 1. The molecule has 0 radical (unpaired) electrons. The fraction of sp³-hybridized carbons (Fsp3) is 0.923. The molecule has 0 spiro atoms. The summed E-state index contributed by atoms with van der Waals surface area (Å²) < 4.78 is 5.12. The lowest BCUT2D eigenvalue weighted by Crippen LogP contribution is -2.60. The fourth-order valence-corrected chi connectivity index (χ4v) is 1.94. The van der Waals surface area contributed by atoms with Gasteiger partial charge in [-0.25, -0.2) is 0 Å². The summed E-state index contributed by atoms with van der Waals surface area (Å²) in [4.78, 5) is 13.9. The van der Waals surface area contributed by atoms with Crippen LogP contribution in [0.1, 0.15) is 34.1 Å². The number of likely N-dealkylation sites (N-methyl/N-ethyl adjacent to an activating group) is 1. The smallest absolute Gasteiger partial charge is 0.238 e. The summed E-state index contributed by atoms with van der Waals surface area (Å²) >= 11 is 0. The maximum Gasteiger partial charge on any atom is 0.238 e. The van der Waals surface area contributed by atoms with Crippen LogP contribution in [0.2, 0.25) is 0 Å². The summed E-state index contributed by atoms with van der Waals surface area (Å²) in [5.74, 6) is -0.310. The van der Waals surface area contributed by atoms with Gasteiger partial charge in [-0.2, -0.15) is 0 Å². The maximum absolute atomic E-state index is 11.6. The van der Waals surface area contributed by atoms with Crippen LogP contribution in [-0.2, 0) is 9.53 Å². The molecule has 0 aromatic heterocycles. The molecule has 0 aliphatic rings. The first-order chi connectivity index (χ1) is 8.41. The van der Waals surface area contributed by atoms with E-state index in [1.807, 2.05) is 13.8 Å². The molecule has 5 heteroatoms. The summed E-state index contributed by atoms with van der Waals surface area (Å²) in [5.41, 5.74) is 4.83. The van der Waals surface area contributed by atoms with Crippen LogP contribution in [0, 0.1) is 0 Å². The largest absolute Gasteiger partial charge is 0.383 e. The molecule has 18 heavy (non-hydrogen) atoms. The Morgan fingerprint density at radius 1 is 1.50 bits per heavy atom. The molecule has 0 aromatic rings. The van der Waals surface area contributed by atoms with E-state index in [4.69, 9.17) is 10.5 Å². The number of carbonyl (C=O) groups excluding carboxylic acids is 1. The van der Waals surface area contributed by atoms with Crippen LogP contribution in [0.15, 0.2) is 0 Å². The van der Waals surface area contributed by atoms with Gasteiger partial charge in [0.05, 0.1) is 6.61 Å². The third-order valence-electron chi connectivity index (χ3n) is 3.43. The standard InChI is InChI=1S/C13H29N3O2/c1-6-11(3)16(8-9-18-5)10-13(4,12(14)17)15-7-2/h11,15H,6-10H2,1-5H3,(H2,14,17). The Balaban J connectivity index is 4.73. The molecule has 0 bridgehead atoms. The third-order valence-corrected chi connectivity index (χ3v) is 3.43. The van der Waals surface area contributed by atoms with Crippen molar-refractivity contribution in [3.05, 3.63) is 0 Å². The number of hydrogen-bond donors (Lipinski definition) is 2. The number of nitrogens with two attached hydrogens (primary N) is 1. The lowest BCUT2D eigenvalue weighted by atomic mass is 9.99. The average molecular weight is 259 g/mol. The third kappa shape index (κ3) is 5.33. The first kappa shape index (κ1) is 17.4. The summed E-state index contributed by atoms with van der Waals surface area (Å²) in [7, 11) is 1.69. The number of primary amides is 1. The van der Waals surface area contributed by atoms with E-state index >= 15 is 0 Å². The lowest BCUT2D eigenvalue weighted by Gasteiger charge is -2.36. The van der Waals surface area contributed by atoms with Crippen LogP contribution in [0.25, 0.3) is 0 Å². The van der Waals surface area contributed by atoms with Crippen molar-refractivity contribution in [2.75, 3.05) is 33.4 Å². The molecule has 0 aliphatic carbocycles. The van der Waals surface area contributed by atoms with Crippen molar-refractivity contribution in [3.8, 4) is 0 Å². The average Bonchev–Trinajstić information content (AvgIpc) is 2.33. The number of amides is 1. The van der Waals surface area contributed by atoms with Gasteiger partial charge >= 0.3 is 0 Å². The van der Waals surface area contributed by atoms with Gasteiger partial charge in [0.25, 0.3) is 0 Å². The molecule has 0 saturated heterocycles. The number of hydrogen-bond acceptors (Lipinski definition) is 4. The number of rotatable bonds is 10. The molecule has 0 fully saturated rings. The quantitative estimate of drug-likeness (QED) is 0.602. The second-order valence-electron chi connectivity index (χ2n) is 4.95. The monoisotopic (exact) mass is 259 g/mol. The van der Waals surface area contributed by atoms with Crippen LogP contribution >= 0.6 is 0 Å². The van der Waals surface area contributed by atoms with E-state index in [1.54, 1.807) is 7.11 Å². The zero-order valence-electron chi connectivity index (χ0n) is 12.5. The maximum atomic E-state index is 11.6. The van der Waals surface area contributed by atoms with Gasteiger partial charge in [0, 0.05) is 26.2 Å². The molecule has 0 aromatic carbocycles. The summed E-state index contributed by atoms with van der Waals surface area (Å²) in [6.45, 7) is 10.9. The van der Waals surface area contributed by atoms with E-state index in [-0.39, 0.29) is 5.91 Å². The topological polar surface area (TPSA) is 67.6 Å². The minimum absolute atomic E-state index is 0.310. The molecule has 5 nitrogen and oxygen atoms in total. The molecule has 0 saturated carbocycles. The van der Waals surface area contributed by atoms with Gasteiger partial charge in [-0.15, -0.1) is 0 Å². The molecule has 0 aliphatic heterocycles. The molecule has 0 rings (SSSR count). The summed E-state index contributed by atoms with van der Waals surface area (Å²) in [5, 5.41) is 3.19. The second-order valence-corrected chi connectivity index (χ2v) is 4.95. The van der Waals surface area contributed by atoms with Crippen LogP contribution in [-0.4, -0.2) is 55.7 Å². The Hall–Kier alpha value is -0.650. The van der Waals surface area contributed by atoms with Gasteiger partial charge in [-0.05, 0) is 26.8 Å². The van der Waals surface area contributed by atoms with Crippen molar-refractivity contribution < 1.29 is 9.53 Å². The van der Waals surface area contributed by atoms with E-state index in [9.17, 15) is 4.79 Å². The van der Waals surface area contributed by atoms with E-state index in [0.29, 0.717) is 19.2 Å². The Bertz CT molecular complexity index is 248. The Morgan fingerprint density at radius 3 is 2.50 bits per heavy atom. The van der Waals surface area contributed by atoms with Crippen LogP contribution in [0.4, 0.5) is 0 Å². The zero-order valence-corrected chi connectivity index (χ0v) is 12.5. The molecule has 2 atom stereocenters. The van der Waals surface area contributed by atoms with Crippen molar-refractivity contribution in [2.24, 2.45) is 5.73 Å². The van der Waals surface area contributed by atoms with Crippen molar-refractivity contribution in [1.29, 1.82) is 0 Å². The molecule has 0 heterocycles. The van der Waals surface area contributed by atoms with E-state index in [1.165, 1.54) is 0 Å². The Kier molecular flexibility index (Phi) is 8.15. The number of carbonyl (C=O) groups is 1. The summed E-state index contributed by atoms with van der Waals surface area (Å²) in [6.07, 6.45) is 1.03. The molecule has 3 N–H and O–H groups in total.